The van der Waals surface area contributed by atoms with Crippen molar-refractivity contribution in [3.05, 3.63) is 30.3 Å². The van der Waals surface area contributed by atoms with E-state index in [0.717, 1.165) is 11.3 Å². The zero-order valence-corrected chi connectivity index (χ0v) is 15.0. The summed E-state index contributed by atoms with van der Waals surface area (Å²) in [7, 11) is 3.19. The van der Waals surface area contributed by atoms with Crippen molar-refractivity contribution in [3.8, 4) is 22.8 Å². The highest BCUT2D eigenvalue weighted by atomic mass is 32.2. The zero-order chi connectivity index (χ0) is 17.5. The Labute approximate surface area is 146 Å². The number of hydrogen-bond acceptors (Lipinski definition) is 6. The van der Waals surface area contributed by atoms with Gasteiger partial charge in [0.25, 0.3) is 0 Å². The summed E-state index contributed by atoms with van der Waals surface area (Å²) in [5.41, 5.74) is 1.61. The minimum atomic E-state index is -0.0132. The highest BCUT2D eigenvalue weighted by Crippen LogP contribution is 2.31. The molecule has 0 saturated carbocycles. The van der Waals surface area contributed by atoms with Crippen LogP contribution in [-0.4, -0.2) is 42.1 Å². The molecule has 2 aromatic rings. The fourth-order valence-electron chi connectivity index (χ4n) is 2.05. The number of methoxy groups -OCH3 is 2. The Hall–Kier alpha value is -2.28. The number of rotatable bonds is 7. The second-order valence-electron chi connectivity index (χ2n) is 5.34. The number of benzene rings is 1. The summed E-state index contributed by atoms with van der Waals surface area (Å²) in [5.74, 6) is 1.61. The van der Waals surface area contributed by atoms with E-state index in [4.69, 9.17) is 9.47 Å². The molecule has 0 atom stereocenters. The molecule has 1 amide bonds. The third-order valence-electron chi connectivity index (χ3n) is 3.12. The van der Waals surface area contributed by atoms with E-state index < -0.39 is 0 Å². The maximum Gasteiger partial charge on any atom is 0.230 e. The molecule has 1 aromatic carbocycles. The maximum atomic E-state index is 11.6. The second-order valence-corrected chi connectivity index (χ2v) is 6.33. The number of hydrogen-bond donors (Lipinski definition) is 1. The summed E-state index contributed by atoms with van der Waals surface area (Å²) >= 11 is 1.36. The summed E-state index contributed by atoms with van der Waals surface area (Å²) in [6.45, 7) is 3.86. The van der Waals surface area contributed by atoms with Crippen LogP contribution in [0.5, 0.6) is 11.5 Å². The van der Waals surface area contributed by atoms with Gasteiger partial charge in [0, 0.05) is 11.6 Å². The van der Waals surface area contributed by atoms with Crippen LogP contribution in [0.2, 0.25) is 0 Å². The van der Waals surface area contributed by atoms with Gasteiger partial charge in [-0.15, -0.1) is 10.2 Å². The van der Waals surface area contributed by atoms with Crippen LogP contribution in [0.3, 0.4) is 0 Å². The SMILES string of the molecule is COc1ccc(-c2ccc(SCC(=O)NC(C)C)nn2)cc1OC. The minimum absolute atomic E-state index is 0.0132. The van der Waals surface area contributed by atoms with Gasteiger partial charge in [0.05, 0.1) is 25.7 Å². The van der Waals surface area contributed by atoms with Crippen LogP contribution in [0.15, 0.2) is 35.4 Å². The molecule has 1 heterocycles. The Morgan fingerprint density at radius 2 is 1.88 bits per heavy atom. The van der Waals surface area contributed by atoms with Gasteiger partial charge in [-0.25, -0.2) is 0 Å². The third-order valence-corrected chi connectivity index (χ3v) is 4.04. The minimum Gasteiger partial charge on any atom is -0.493 e. The normalized spacial score (nSPS) is 10.5. The van der Waals surface area contributed by atoms with Crippen molar-refractivity contribution < 1.29 is 14.3 Å². The molecule has 0 fully saturated rings. The van der Waals surface area contributed by atoms with Crippen molar-refractivity contribution in [3.63, 3.8) is 0 Å². The molecule has 0 radical (unpaired) electrons. The smallest absolute Gasteiger partial charge is 0.230 e. The lowest BCUT2D eigenvalue weighted by molar-refractivity contribution is -0.119. The molecule has 1 aromatic heterocycles. The number of amides is 1. The summed E-state index contributed by atoms with van der Waals surface area (Å²) in [6.07, 6.45) is 0. The summed E-state index contributed by atoms with van der Waals surface area (Å²) in [4.78, 5) is 11.6. The number of nitrogens with one attached hydrogen (secondary N) is 1. The van der Waals surface area contributed by atoms with E-state index in [1.807, 2.05) is 44.2 Å². The fourth-order valence-corrected chi connectivity index (χ4v) is 2.67. The number of ether oxygens (including phenoxy) is 2. The van der Waals surface area contributed by atoms with Crippen molar-refractivity contribution >= 4 is 17.7 Å². The Morgan fingerprint density at radius 1 is 1.12 bits per heavy atom. The first kappa shape index (κ1) is 18.1. The van der Waals surface area contributed by atoms with Crippen LogP contribution in [0, 0.1) is 0 Å². The molecule has 0 aliphatic heterocycles. The van der Waals surface area contributed by atoms with Crippen LogP contribution >= 0.6 is 11.8 Å². The first-order valence-electron chi connectivity index (χ1n) is 7.51. The monoisotopic (exact) mass is 347 g/mol. The van der Waals surface area contributed by atoms with Gasteiger partial charge in [-0.1, -0.05) is 11.8 Å². The van der Waals surface area contributed by atoms with Crippen molar-refractivity contribution in [2.45, 2.75) is 24.9 Å². The number of carbonyl (C=O) groups excluding carboxylic acids is 1. The first-order chi connectivity index (χ1) is 11.5. The van der Waals surface area contributed by atoms with Crippen molar-refractivity contribution in [1.29, 1.82) is 0 Å². The lowest BCUT2D eigenvalue weighted by Crippen LogP contribution is -2.31. The Morgan fingerprint density at radius 3 is 2.46 bits per heavy atom. The second kappa shape index (κ2) is 8.54. The predicted octanol–water partition coefficient (Wildman–Crippen LogP) is 2.78. The van der Waals surface area contributed by atoms with Gasteiger partial charge in [0.2, 0.25) is 5.91 Å². The molecule has 6 nitrogen and oxygen atoms in total. The van der Waals surface area contributed by atoms with Crippen molar-refractivity contribution in [2.75, 3.05) is 20.0 Å². The molecule has 1 N–H and O–H groups in total. The average Bonchev–Trinajstić information content (AvgIpc) is 2.59. The topological polar surface area (TPSA) is 73.3 Å². The van der Waals surface area contributed by atoms with Crippen LogP contribution in [-0.2, 0) is 4.79 Å². The molecule has 2 rings (SSSR count). The van der Waals surface area contributed by atoms with Crippen molar-refractivity contribution in [2.24, 2.45) is 0 Å². The van der Waals surface area contributed by atoms with Gasteiger partial charge >= 0.3 is 0 Å². The standard InChI is InChI=1S/C17H21N3O3S/c1-11(2)18-16(21)10-24-17-8-6-13(19-20-17)12-5-7-14(22-3)15(9-12)23-4/h5-9,11H,10H2,1-4H3,(H,18,21). The largest absolute Gasteiger partial charge is 0.493 e. The number of nitrogens with zero attached hydrogens (tertiary/aromatic N) is 2. The van der Waals surface area contributed by atoms with E-state index in [1.54, 1.807) is 14.2 Å². The quantitative estimate of drug-likeness (QED) is 0.777. The van der Waals surface area contributed by atoms with Gasteiger partial charge in [-0.05, 0) is 44.2 Å². The summed E-state index contributed by atoms with van der Waals surface area (Å²) in [5, 5.41) is 11.9. The van der Waals surface area contributed by atoms with Gasteiger partial charge in [0.1, 0.15) is 5.03 Å². The predicted molar refractivity (Wildman–Crippen MR) is 94.6 cm³/mol. The molecule has 0 aliphatic carbocycles. The summed E-state index contributed by atoms with van der Waals surface area (Å²) in [6, 6.07) is 9.44. The molecule has 0 bridgehead atoms. The van der Waals surface area contributed by atoms with E-state index in [2.05, 4.69) is 15.5 Å². The Balaban J connectivity index is 2.05. The van der Waals surface area contributed by atoms with Gasteiger partial charge in [0.15, 0.2) is 11.5 Å². The fraction of sp³-hybridized carbons (Fsp3) is 0.353. The van der Waals surface area contributed by atoms with Gasteiger partial charge < -0.3 is 14.8 Å². The molecule has 24 heavy (non-hydrogen) atoms. The highest BCUT2D eigenvalue weighted by Gasteiger charge is 2.09. The summed E-state index contributed by atoms with van der Waals surface area (Å²) < 4.78 is 10.5. The molecule has 0 aliphatic rings. The number of aromatic nitrogens is 2. The zero-order valence-electron chi connectivity index (χ0n) is 14.2. The van der Waals surface area contributed by atoms with Crippen LogP contribution in [0.25, 0.3) is 11.3 Å². The van der Waals surface area contributed by atoms with Gasteiger partial charge in [-0.3, -0.25) is 4.79 Å². The van der Waals surface area contributed by atoms with E-state index in [1.165, 1.54) is 11.8 Å². The van der Waals surface area contributed by atoms with Gasteiger partial charge in [-0.2, -0.15) is 0 Å². The Kier molecular flexibility index (Phi) is 6.43. The molecular weight excluding hydrogens is 326 g/mol. The maximum absolute atomic E-state index is 11.6. The van der Waals surface area contributed by atoms with E-state index in [9.17, 15) is 4.79 Å². The third kappa shape index (κ3) is 4.86. The lowest BCUT2D eigenvalue weighted by Gasteiger charge is -2.09. The molecular formula is C17H21N3O3S. The van der Waals surface area contributed by atoms with Crippen LogP contribution in [0.1, 0.15) is 13.8 Å². The highest BCUT2D eigenvalue weighted by molar-refractivity contribution is 7.99. The number of carbonyl (C=O) groups is 1. The molecule has 128 valence electrons. The van der Waals surface area contributed by atoms with E-state index >= 15 is 0 Å². The van der Waals surface area contributed by atoms with E-state index in [-0.39, 0.29) is 11.9 Å². The molecule has 0 unspecified atom stereocenters. The molecule has 0 saturated heterocycles. The van der Waals surface area contributed by atoms with Crippen LogP contribution in [0.4, 0.5) is 0 Å². The van der Waals surface area contributed by atoms with Crippen LogP contribution < -0.4 is 14.8 Å². The first-order valence-corrected chi connectivity index (χ1v) is 8.50. The molecule has 7 heteroatoms. The van der Waals surface area contributed by atoms with E-state index in [0.29, 0.717) is 22.3 Å². The number of thioether (sulfide) groups is 1. The molecule has 0 spiro atoms. The lowest BCUT2D eigenvalue weighted by atomic mass is 10.1. The average molecular weight is 347 g/mol. The Bertz CT molecular complexity index is 690. The van der Waals surface area contributed by atoms with Crippen molar-refractivity contribution in [1.82, 2.24) is 15.5 Å².